The zero-order chi connectivity index (χ0) is 12.7. The Labute approximate surface area is 105 Å². The van der Waals surface area contributed by atoms with Crippen LogP contribution in [0, 0.1) is 16.7 Å². The summed E-state index contributed by atoms with van der Waals surface area (Å²) in [4.78, 5) is 10.7. The highest BCUT2D eigenvalue weighted by atomic mass is 16.1. The lowest BCUT2D eigenvalue weighted by Gasteiger charge is -2.43. The maximum absolute atomic E-state index is 10.7. The molecule has 2 aliphatic carbocycles. The lowest BCUT2D eigenvalue weighted by Crippen LogP contribution is -2.50. The Morgan fingerprint density at radius 3 is 2.65 bits per heavy atom. The molecule has 2 saturated carbocycles. The number of nitrogens with two attached hydrogens (primary N) is 1. The highest BCUT2D eigenvalue weighted by Gasteiger charge is 2.58. The Balaban J connectivity index is 1.89. The van der Waals surface area contributed by atoms with Gasteiger partial charge in [-0.05, 0) is 49.0 Å². The van der Waals surface area contributed by atoms with Crippen molar-refractivity contribution >= 4 is 5.91 Å². The van der Waals surface area contributed by atoms with E-state index in [4.69, 9.17) is 5.73 Å². The second-order valence-corrected chi connectivity index (χ2v) is 6.87. The van der Waals surface area contributed by atoms with E-state index < -0.39 is 0 Å². The molecule has 1 unspecified atom stereocenters. The minimum absolute atomic E-state index is 0.190. The molecule has 98 valence electrons. The molecule has 0 aliphatic heterocycles. The van der Waals surface area contributed by atoms with Crippen molar-refractivity contribution in [2.24, 2.45) is 22.5 Å². The first-order valence-electron chi connectivity index (χ1n) is 6.88. The quantitative estimate of drug-likeness (QED) is 0.720. The normalized spacial score (nSPS) is 38.5. The van der Waals surface area contributed by atoms with Crippen LogP contribution >= 0.6 is 0 Å². The van der Waals surface area contributed by atoms with Gasteiger partial charge in [0.05, 0.1) is 0 Å². The van der Waals surface area contributed by atoms with Gasteiger partial charge in [0, 0.05) is 12.5 Å². The summed E-state index contributed by atoms with van der Waals surface area (Å²) >= 11 is 0. The fraction of sp³-hybridized carbons (Fsp3) is 0.929. The number of primary amides is 1. The molecule has 0 radical (unpaired) electrons. The van der Waals surface area contributed by atoms with E-state index in [-0.39, 0.29) is 5.91 Å². The number of hydrogen-bond acceptors (Lipinski definition) is 2. The summed E-state index contributed by atoms with van der Waals surface area (Å²) in [6.07, 6.45) is 5.48. The first kappa shape index (κ1) is 12.9. The molecule has 0 aromatic heterocycles. The standard InChI is InChI=1S/C14H26N2O/c1-13(2)10-6-7-14(3,9-10)12(13)16-8-4-5-11(15)17/h10,12,16H,4-9H2,1-3H3,(H2,15,17)/t10-,12?,14+/m0/s1. The molecular formula is C14H26N2O. The van der Waals surface area contributed by atoms with Crippen LogP contribution in [0.25, 0.3) is 0 Å². The molecule has 0 saturated heterocycles. The van der Waals surface area contributed by atoms with E-state index in [0.29, 0.717) is 23.3 Å². The van der Waals surface area contributed by atoms with Gasteiger partial charge in [-0.2, -0.15) is 0 Å². The molecule has 2 bridgehead atoms. The maximum atomic E-state index is 10.7. The van der Waals surface area contributed by atoms with E-state index in [1.54, 1.807) is 0 Å². The number of fused-ring (bicyclic) bond motifs is 2. The monoisotopic (exact) mass is 238 g/mol. The van der Waals surface area contributed by atoms with Crippen LogP contribution in [0.2, 0.25) is 0 Å². The van der Waals surface area contributed by atoms with Crippen LogP contribution in [0.15, 0.2) is 0 Å². The van der Waals surface area contributed by atoms with Gasteiger partial charge in [0.2, 0.25) is 5.91 Å². The fourth-order valence-corrected chi connectivity index (χ4v) is 4.32. The van der Waals surface area contributed by atoms with E-state index in [1.165, 1.54) is 19.3 Å². The highest BCUT2D eigenvalue weighted by molar-refractivity contribution is 5.73. The predicted molar refractivity (Wildman–Crippen MR) is 69.4 cm³/mol. The first-order chi connectivity index (χ1) is 7.86. The summed E-state index contributed by atoms with van der Waals surface area (Å²) in [6.45, 7) is 8.13. The van der Waals surface area contributed by atoms with Gasteiger partial charge in [0.1, 0.15) is 0 Å². The SMILES string of the molecule is CC1(C)C(NCCCC(N)=O)[C@]2(C)CC[C@H]1C2. The van der Waals surface area contributed by atoms with Gasteiger partial charge in [-0.1, -0.05) is 20.8 Å². The van der Waals surface area contributed by atoms with E-state index in [2.05, 4.69) is 26.1 Å². The predicted octanol–water partition coefficient (Wildman–Crippen LogP) is 2.06. The summed E-state index contributed by atoms with van der Waals surface area (Å²) in [5.41, 5.74) is 6.04. The van der Waals surface area contributed by atoms with Gasteiger partial charge in [-0.15, -0.1) is 0 Å². The number of hydrogen-bond donors (Lipinski definition) is 2. The first-order valence-corrected chi connectivity index (χ1v) is 6.88. The molecule has 17 heavy (non-hydrogen) atoms. The lowest BCUT2D eigenvalue weighted by atomic mass is 9.68. The minimum atomic E-state index is -0.190. The Bertz CT molecular complexity index is 309. The maximum Gasteiger partial charge on any atom is 0.217 e. The topological polar surface area (TPSA) is 55.1 Å². The molecule has 1 amide bonds. The Kier molecular flexibility index (Phi) is 3.23. The van der Waals surface area contributed by atoms with E-state index in [0.717, 1.165) is 18.9 Å². The molecule has 3 N–H and O–H groups in total. The van der Waals surface area contributed by atoms with Gasteiger partial charge in [-0.25, -0.2) is 0 Å². The van der Waals surface area contributed by atoms with E-state index in [1.807, 2.05) is 0 Å². The number of carbonyl (C=O) groups excluding carboxylic acids is 1. The average Bonchev–Trinajstić information content (AvgIpc) is 2.67. The number of amides is 1. The molecule has 3 nitrogen and oxygen atoms in total. The van der Waals surface area contributed by atoms with Crippen molar-refractivity contribution in [2.75, 3.05) is 6.54 Å². The number of nitrogens with one attached hydrogen (secondary N) is 1. The second kappa shape index (κ2) is 4.27. The third-order valence-corrected chi connectivity index (χ3v) is 5.22. The van der Waals surface area contributed by atoms with Crippen molar-refractivity contribution in [1.82, 2.24) is 5.32 Å². The lowest BCUT2D eigenvalue weighted by molar-refractivity contribution is -0.118. The molecule has 2 fully saturated rings. The highest BCUT2D eigenvalue weighted by Crippen LogP contribution is 2.62. The third kappa shape index (κ3) is 2.22. The zero-order valence-corrected chi connectivity index (χ0v) is 11.4. The van der Waals surface area contributed by atoms with Gasteiger partial charge in [-0.3, -0.25) is 4.79 Å². The molecule has 3 atom stereocenters. The molecule has 0 heterocycles. The zero-order valence-electron chi connectivity index (χ0n) is 11.4. The van der Waals surface area contributed by atoms with Crippen molar-refractivity contribution in [2.45, 2.75) is 58.9 Å². The van der Waals surface area contributed by atoms with Crippen LogP contribution in [0.5, 0.6) is 0 Å². The Morgan fingerprint density at radius 2 is 2.12 bits per heavy atom. The van der Waals surface area contributed by atoms with Crippen LogP contribution in [-0.4, -0.2) is 18.5 Å². The van der Waals surface area contributed by atoms with Crippen LogP contribution in [0.3, 0.4) is 0 Å². The molecule has 3 heteroatoms. The second-order valence-electron chi connectivity index (χ2n) is 6.87. The van der Waals surface area contributed by atoms with Crippen LogP contribution in [0.4, 0.5) is 0 Å². The van der Waals surface area contributed by atoms with Crippen molar-refractivity contribution in [3.05, 3.63) is 0 Å². The average molecular weight is 238 g/mol. The third-order valence-electron chi connectivity index (χ3n) is 5.22. The van der Waals surface area contributed by atoms with Crippen molar-refractivity contribution in [3.8, 4) is 0 Å². The molecule has 2 rings (SSSR count). The van der Waals surface area contributed by atoms with E-state index in [9.17, 15) is 4.79 Å². The van der Waals surface area contributed by atoms with Gasteiger partial charge < -0.3 is 11.1 Å². The fourth-order valence-electron chi connectivity index (χ4n) is 4.32. The smallest absolute Gasteiger partial charge is 0.217 e. The summed E-state index contributed by atoms with van der Waals surface area (Å²) in [5, 5.41) is 3.69. The summed E-state index contributed by atoms with van der Waals surface area (Å²) in [6, 6.07) is 0.599. The van der Waals surface area contributed by atoms with Crippen LogP contribution in [-0.2, 0) is 4.79 Å². The van der Waals surface area contributed by atoms with Crippen LogP contribution in [0.1, 0.15) is 52.9 Å². The van der Waals surface area contributed by atoms with Crippen molar-refractivity contribution in [1.29, 1.82) is 0 Å². The molecule has 0 spiro atoms. The molecule has 0 aromatic carbocycles. The minimum Gasteiger partial charge on any atom is -0.370 e. The number of carbonyl (C=O) groups is 1. The number of rotatable bonds is 5. The summed E-state index contributed by atoms with van der Waals surface area (Å²) < 4.78 is 0. The summed E-state index contributed by atoms with van der Waals surface area (Å²) in [5.74, 6) is 0.686. The molecule has 0 aromatic rings. The Morgan fingerprint density at radius 1 is 1.41 bits per heavy atom. The Hall–Kier alpha value is -0.570. The van der Waals surface area contributed by atoms with Gasteiger partial charge in [0.15, 0.2) is 0 Å². The van der Waals surface area contributed by atoms with Gasteiger partial charge in [0.25, 0.3) is 0 Å². The van der Waals surface area contributed by atoms with Crippen molar-refractivity contribution in [3.63, 3.8) is 0 Å². The summed E-state index contributed by atoms with van der Waals surface area (Å²) in [7, 11) is 0. The van der Waals surface area contributed by atoms with Crippen LogP contribution < -0.4 is 11.1 Å². The van der Waals surface area contributed by atoms with E-state index >= 15 is 0 Å². The van der Waals surface area contributed by atoms with Crippen molar-refractivity contribution < 1.29 is 4.79 Å². The largest absolute Gasteiger partial charge is 0.370 e. The molecular weight excluding hydrogens is 212 g/mol. The van der Waals surface area contributed by atoms with Gasteiger partial charge >= 0.3 is 0 Å². The molecule has 2 aliphatic rings.